The van der Waals surface area contributed by atoms with Crippen molar-refractivity contribution in [2.75, 3.05) is 12.4 Å². The summed E-state index contributed by atoms with van der Waals surface area (Å²) in [7, 11) is 1.64. The Labute approximate surface area is 155 Å². The number of aryl methyl sites for hydroxylation is 1. The lowest BCUT2D eigenvalue weighted by Gasteiger charge is -2.03. The number of nitrogens with one attached hydrogen (secondary N) is 1. The van der Waals surface area contributed by atoms with Gasteiger partial charge in [0.1, 0.15) is 5.75 Å². The van der Waals surface area contributed by atoms with Gasteiger partial charge in [-0.2, -0.15) is 0 Å². The first kappa shape index (κ1) is 17.5. The first-order valence-corrected chi connectivity index (χ1v) is 8.91. The minimum atomic E-state index is -0.0997. The Kier molecular flexibility index (Phi) is 5.36. The quantitative estimate of drug-likeness (QED) is 0.688. The summed E-state index contributed by atoms with van der Waals surface area (Å²) in [6.07, 6.45) is 0.285. The van der Waals surface area contributed by atoms with E-state index in [0.717, 1.165) is 27.4 Å². The lowest BCUT2D eigenvalue weighted by Crippen LogP contribution is -2.14. The molecule has 0 saturated heterocycles. The zero-order valence-electron chi connectivity index (χ0n) is 13.9. The predicted octanol–water partition coefficient (Wildman–Crippen LogP) is 4.96. The lowest BCUT2D eigenvalue weighted by atomic mass is 10.1. The molecule has 6 heteroatoms. The van der Waals surface area contributed by atoms with Crippen LogP contribution in [-0.4, -0.2) is 18.0 Å². The molecule has 1 amide bonds. The van der Waals surface area contributed by atoms with Crippen LogP contribution in [0.15, 0.2) is 48.5 Å². The lowest BCUT2D eigenvalue weighted by molar-refractivity contribution is -0.115. The molecule has 0 spiro atoms. The van der Waals surface area contributed by atoms with Crippen molar-refractivity contribution in [3.8, 4) is 17.0 Å². The highest BCUT2D eigenvalue weighted by molar-refractivity contribution is 7.16. The van der Waals surface area contributed by atoms with Crippen LogP contribution in [0.3, 0.4) is 0 Å². The van der Waals surface area contributed by atoms with Gasteiger partial charge in [-0.3, -0.25) is 4.79 Å². The molecule has 0 saturated carbocycles. The summed E-state index contributed by atoms with van der Waals surface area (Å²) in [5.74, 6) is 0.700. The topological polar surface area (TPSA) is 51.2 Å². The van der Waals surface area contributed by atoms with E-state index < -0.39 is 0 Å². The van der Waals surface area contributed by atoms with Gasteiger partial charge in [-0.25, -0.2) is 4.98 Å². The van der Waals surface area contributed by atoms with E-state index in [1.54, 1.807) is 19.2 Å². The molecular formula is C19H17ClN2O2S. The van der Waals surface area contributed by atoms with Crippen molar-refractivity contribution in [2.45, 2.75) is 13.3 Å². The van der Waals surface area contributed by atoms with E-state index in [0.29, 0.717) is 10.2 Å². The van der Waals surface area contributed by atoms with Crippen LogP contribution in [0.1, 0.15) is 10.4 Å². The number of ether oxygens (including phenoxy) is 1. The Hall–Kier alpha value is -2.37. The minimum absolute atomic E-state index is 0.0997. The highest BCUT2D eigenvalue weighted by Gasteiger charge is 2.12. The van der Waals surface area contributed by atoms with Gasteiger partial charge in [-0.05, 0) is 48.9 Å². The summed E-state index contributed by atoms with van der Waals surface area (Å²) in [6, 6.07) is 15.0. The number of halogens is 1. The maximum Gasteiger partial charge on any atom is 0.230 e. The van der Waals surface area contributed by atoms with Gasteiger partial charge in [0.05, 0.1) is 19.2 Å². The Morgan fingerprint density at radius 2 is 1.84 bits per heavy atom. The highest BCUT2D eigenvalue weighted by Crippen LogP contribution is 2.31. The summed E-state index contributed by atoms with van der Waals surface area (Å²) in [6.45, 7) is 1.99. The van der Waals surface area contributed by atoms with Crippen LogP contribution in [0.5, 0.6) is 5.75 Å². The smallest absolute Gasteiger partial charge is 0.230 e. The second-order valence-electron chi connectivity index (χ2n) is 5.50. The predicted molar refractivity (Wildman–Crippen MR) is 103 cm³/mol. The highest BCUT2D eigenvalue weighted by atomic mass is 35.5. The molecule has 3 aromatic rings. The number of hydrogen-bond acceptors (Lipinski definition) is 4. The van der Waals surface area contributed by atoms with Crippen LogP contribution in [-0.2, 0) is 11.2 Å². The van der Waals surface area contributed by atoms with Crippen LogP contribution < -0.4 is 10.1 Å². The molecule has 0 aliphatic rings. The van der Waals surface area contributed by atoms with Crippen LogP contribution in [0.25, 0.3) is 11.3 Å². The molecule has 0 radical (unpaired) electrons. The molecule has 0 fully saturated rings. The minimum Gasteiger partial charge on any atom is -0.497 e. The first-order valence-electron chi connectivity index (χ1n) is 7.71. The number of thiazole rings is 1. The fourth-order valence-corrected chi connectivity index (χ4v) is 3.40. The molecule has 0 aliphatic heterocycles. The van der Waals surface area contributed by atoms with Crippen molar-refractivity contribution in [1.29, 1.82) is 0 Å². The normalized spacial score (nSPS) is 10.5. The maximum atomic E-state index is 12.2. The molecule has 1 aromatic heterocycles. The number of carbonyl (C=O) groups excluding carboxylic acids is 1. The van der Waals surface area contributed by atoms with Crippen molar-refractivity contribution in [3.63, 3.8) is 0 Å². The standard InChI is InChI=1S/C19H17ClN2O2S/c1-12-18(14-5-9-16(24-2)10-6-14)22-19(25-12)21-17(23)11-13-3-7-15(20)8-4-13/h3-10H,11H2,1-2H3,(H,21,22,23). The third-order valence-corrected chi connectivity index (χ3v) is 4.82. The number of carbonyl (C=O) groups is 1. The molecule has 1 heterocycles. The maximum absolute atomic E-state index is 12.2. The number of aromatic nitrogens is 1. The monoisotopic (exact) mass is 372 g/mol. The number of methoxy groups -OCH3 is 1. The molecule has 0 atom stereocenters. The van der Waals surface area contributed by atoms with Crippen LogP contribution in [0.2, 0.25) is 5.02 Å². The fourth-order valence-electron chi connectivity index (χ4n) is 2.42. The zero-order chi connectivity index (χ0) is 17.8. The van der Waals surface area contributed by atoms with Crippen molar-refractivity contribution < 1.29 is 9.53 Å². The van der Waals surface area contributed by atoms with E-state index in [2.05, 4.69) is 10.3 Å². The van der Waals surface area contributed by atoms with Gasteiger partial charge in [0.2, 0.25) is 5.91 Å². The number of benzene rings is 2. The van der Waals surface area contributed by atoms with E-state index in [9.17, 15) is 4.79 Å². The molecule has 4 nitrogen and oxygen atoms in total. The summed E-state index contributed by atoms with van der Waals surface area (Å²) in [5, 5.41) is 4.13. The van der Waals surface area contributed by atoms with Crippen LogP contribution in [0, 0.1) is 6.92 Å². The fraction of sp³-hybridized carbons (Fsp3) is 0.158. The van der Waals surface area contributed by atoms with Gasteiger partial charge in [0.25, 0.3) is 0 Å². The molecule has 0 bridgehead atoms. The van der Waals surface area contributed by atoms with Crippen molar-refractivity contribution in [3.05, 3.63) is 64.0 Å². The van der Waals surface area contributed by atoms with E-state index >= 15 is 0 Å². The largest absolute Gasteiger partial charge is 0.497 e. The van der Waals surface area contributed by atoms with Gasteiger partial charge in [-0.15, -0.1) is 11.3 Å². The average molecular weight is 373 g/mol. The molecule has 25 heavy (non-hydrogen) atoms. The zero-order valence-corrected chi connectivity index (χ0v) is 15.4. The van der Waals surface area contributed by atoms with Crippen LogP contribution >= 0.6 is 22.9 Å². The summed E-state index contributed by atoms with van der Waals surface area (Å²) in [4.78, 5) is 17.8. The number of hydrogen-bond donors (Lipinski definition) is 1. The average Bonchev–Trinajstić information content (AvgIpc) is 2.97. The van der Waals surface area contributed by atoms with Gasteiger partial charge in [0.15, 0.2) is 5.13 Å². The Balaban J connectivity index is 1.71. The number of amides is 1. The number of anilines is 1. The molecule has 0 aliphatic carbocycles. The number of nitrogens with zero attached hydrogens (tertiary/aromatic N) is 1. The third kappa shape index (κ3) is 4.38. The van der Waals surface area contributed by atoms with Crippen LogP contribution in [0.4, 0.5) is 5.13 Å². The van der Waals surface area contributed by atoms with Gasteiger partial charge >= 0.3 is 0 Å². The Morgan fingerprint density at radius 3 is 2.48 bits per heavy atom. The molecule has 128 valence electrons. The van der Waals surface area contributed by atoms with Crippen molar-refractivity contribution >= 4 is 34.0 Å². The molecule has 1 N–H and O–H groups in total. The van der Waals surface area contributed by atoms with E-state index in [-0.39, 0.29) is 12.3 Å². The second-order valence-corrected chi connectivity index (χ2v) is 7.14. The van der Waals surface area contributed by atoms with E-state index in [4.69, 9.17) is 16.3 Å². The molecule has 0 unspecified atom stereocenters. The van der Waals surface area contributed by atoms with Gasteiger partial charge in [-0.1, -0.05) is 23.7 Å². The Bertz CT molecular complexity index is 873. The SMILES string of the molecule is COc1ccc(-c2nc(NC(=O)Cc3ccc(Cl)cc3)sc2C)cc1. The number of rotatable bonds is 5. The van der Waals surface area contributed by atoms with Crippen molar-refractivity contribution in [2.24, 2.45) is 0 Å². The molecular weight excluding hydrogens is 356 g/mol. The second kappa shape index (κ2) is 7.68. The summed E-state index contributed by atoms with van der Waals surface area (Å²) >= 11 is 7.32. The third-order valence-electron chi connectivity index (χ3n) is 3.68. The van der Waals surface area contributed by atoms with Crippen molar-refractivity contribution in [1.82, 2.24) is 4.98 Å². The molecule has 2 aromatic carbocycles. The first-order chi connectivity index (χ1) is 12.0. The van der Waals surface area contributed by atoms with Gasteiger partial charge in [0, 0.05) is 15.5 Å². The summed E-state index contributed by atoms with van der Waals surface area (Å²) in [5.41, 5.74) is 2.77. The molecule has 3 rings (SSSR count). The Morgan fingerprint density at radius 1 is 1.16 bits per heavy atom. The van der Waals surface area contributed by atoms with E-state index in [1.165, 1.54) is 11.3 Å². The van der Waals surface area contributed by atoms with E-state index in [1.807, 2.05) is 43.3 Å². The van der Waals surface area contributed by atoms with Gasteiger partial charge < -0.3 is 10.1 Å². The summed E-state index contributed by atoms with van der Waals surface area (Å²) < 4.78 is 5.17.